The smallest absolute Gasteiger partial charge is 0.118 e. The second-order valence-corrected chi connectivity index (χ2v) is 5.91. The quantitative estimate of drug-likeness (QED) is 0.824. The van der Waals surface area contributed by atoms with Gasteiger partial charge in [-0.25, -0.2) is 0 Å². The summed E-state index contributed by atoms with van der Waals surface area (Å²) in [6.45, 7) is 2.14. The monoisotopic (exact) mass is 314 g/mol. The highest BCUT2D eigenvalue weighted by Gasteiger charge is 2.22. The molecule has 0 aliphatic carbocycles. The van der Waals surface area contributed by atoms with Crippen LogP contribution in [-0.4, -0.2) is 20.3 Å². The highest BCUT2D eigenvalue weighted by atomic mass is 16.5. The predicted molar refractivity (Wildman–Crippen MR) is 93.8 cm³/mol. The van der Waals surface area contributed by atoms with Crippen LogP contribution in [0.5, 0.6) is 11.5 Å². The summed E-state index contributed by atoms with van der Waals surface area (Å²) in [6, 6.07) is 15.5. The van der Waals surface area contributed by atoms with E-state index in [1.165, 1.54) is 5.56 Å². The van der Waals surface area contributed by atoms with E-state index in [1.54, 1.807) is 14.2 Å². The first-order valence-corrected chi connectivity index (χ1v) is 7.83. The third kappa shape index (κ3) is 4.47. The van der Waals surface area contributed by atoms with Crippen molar-refractivity contribution in [3.63, 3.8) is 0 Å². The molecule has 4 nitrogen and oxygen atoms in total. The van der Waals surface area contributed by atoms with E-state index in [-0.39, 0.29) is 18.0 Å². The molecule has 0 saturated carbocycles. The first-order chi connectivity index (χ1) is 11.0. The first-order valence-electron chi connectivity index (χ1n) is 7.83. The Bertz CT molecular complexity index is 596. The van der Waals surface area contributed by atoms with Crippen molar-refractivity contribution in [1.82, 2.24) is 0 Å². The van der Waals surface area contributed by atoms with Crippen LogP contribution < -0.4 is 20.9 Å². The Morgan fingerprint density at radius 3 is 1.78 bits per heavy atom. The molecule has 0 aliphatic heterocycles. The Labute approximate surface area is 138 Å². The van der Waals surface area contributed by atoms with Crippen LogP contribution in [0.15, 0.2) is 48.5 Å². The summed E-state index contributed by atoms with van der Waals surface area (Å²) in [5.41, 5.74) is 15.0. The third-order valence-corrected chi connectivity index (χ3v) is 4.29. The van der Waals surface area contributed by atoms with Crippen LogP contribution in [0.4, 0.5) is 0 Å². The van der Waals surface area contributed by atoms with Gasteiger partial charge < -0.3 is 20.9 Å². The minimum atomic E-state index is -0.200. The predicted octanol–water partition coefficient (Wildman–Crippen LogP) is 2.91. The average Bonchev–Trinajstić information content (AvgIpc) is 2.61. The maximum atomic E-state index is 6.39. The number of rotatable bonds is 7. The van der Waals surface area contributed by atoms with Gasteiger partial charge >= 0.3 is 0 Å². The summed E-state index contributed by atoms with van der Waals surface area (Å²) >= 11 is 0. The fourth-order valence-electron chi connectivity index (χ4n) is 2.67. The van der Waals surface area contributed by atoms with E-state index < -0.39 is 0 Å². The van der Waals surface area contributed by atoms with Gasteiger partial charge in [0.2, 0.25) is 0 Å². The Hall–Kier alpha value is -2.04. The molecule has 2 rings (SSSR count). The van der Waals surface area contributed by atoms with Gasteiger partial charge in [0.15, 0.2) is 0 Å². The van der Waals surface area contributed by atoms with Crippen LogP contribution in [-0.2, 0) is 6.42 Å². The molecule has 0 aromatic heterocycles. The maximum Gasteiger partial charge on any atom is 0.118 e. The van der Waals surface area contributed by atoms with Crippen molar-refractivity contribution in [2.45, 2.75) is 25.4 Å². The molecule has 0 aliphatic rings. The van der Waals surface area contributed by atoms with Crippen molar-refractivity contribution >= 4 is 0 Å². The van der Waals surface area contributed by atoms with Crippen molar-refractivity contribution in [3.05, 3.63) is 59.7 Å². The van der Waals surface area contributed by atoms with Gasteiger partial charge in [0.05, 0.1) is 14.2 Å². The standard InChI is InChI=1S/C19H26N2O2/c1-13(12-14-4-8-16(22-2)9-5-14)18(20)19(21)15-6-10-17(23-3)11-7-15/h4-11,13,18-19H,12,20-21H2,1-3H3. The van der Waals surface area contributed by atoms with Crippen LogP contribution in [0, 0.1) is 5.92 Å². The normalized spacial score (nSPS) is 14.8. The van der Waals surface area contributed by atoms with E-state index in [4.69, 9.17) is 20.9 Å². The number of hydrogen-bond acceptors (Lipinski definition) is 4. The van der Waals surface area contributed by atoms with E-state index >= 15 is 0 Å². The van der Waals surface area contributed by atoms with E-state index in [9.17, 15) is 0 Å². The molecular weight excluding hydrogens is 288 g/mol. The number of ether oxygens (including phenoxy) is 2. The molecule has 0 bridgehead atoms. The van der Waals surface area contributed by atoms with E-state index in [1.807, 2.05) is 36.4 Å². The molecule has 0 fully saturated rings. The summed E-state index contributed by atoms with van der Waals surface area (Å²) in [5.74, 6) is 1.95. The molecule has 0 amide bonds. The number of hydrogen-bond donors (Lipinski definition) is 2. The van der Waals surface area contributed by atoms with Crippen LogP contribution in [0.3, 0.4) is 0 Å². The average molecular weight is 314 g/mol. The zero-order chi connectivity index (χ0) is 16.8. The molecular formula is C19H26N2O2. The molecule has 4 heteroatoms. The van der Waals surface area contributed by atoms with E-state index in [2.05, 4.69) is 19.1 Å². The lowest BCUT2D eigenvalue weighted by atomic mass is 9.87. The van der Waals surface area contributed by atoms with Crippen LogP contribution in [0.1, 0.15) is 24.1 Å². The fourth-order valence-corrected chi connectivity index (χ4v) is 2.67. The molecule has 2 aromatic rings. The van der Waals surface area contributed by atoms with Crippen molar-refractivity contribution in [2.24, 2.45) is 17.4 Å². The lowest BCUT2D eigenvalue weighted by Gasteiger charge is -2.26. The Morgan fingerprint density at radius 1 is 0.826 bits per heavy atom. The highest BCUT2D eigenvalue weighted by Crippen LogP contribution is 2.23. The second-order valence-electron chi connectivity index (χ2n) is 5.91. The molecule has 0 saturated heterocycles. The summed E-state index contributed by atoms with van der Waals surface area (Å²) < 4.78 is 10.4. The molecule has 0 radical (unpaired) electrons. The third-order valence-electron chi connectivity index (χ3n) is 4.29. The van der Waals surface area contributed by atoms with Gasteiger partial charge in [-0.1, -0.05) is 31.2 Å². The SMILES string of the molecule is COc1ccc(CC(C)C(N)C(N)c2ccc(OC)cc2)cc1. The van der Waals surface area contributed by atoms with E-state index in [0.717, 1.165) is 23.5 Å². The molecule has 0 heterocycles. The van der Waals surface area contributed by atoms with Crippen LogP contribution in [0.25, 0.3) is 0 Å². The maximum absolute atomic E-state index is 6.39. The minimum Gasteiger partial charge on any atom is -0.497 e. The number of benzene rings is 2. The Kier molecular flexibility index (Phi) is 6.02. The van der Waals surface area contributed by atoms with Crippen molar-refractivity contribution in [1.29, 1.82) is 0 Å². The van der Waals surface area contributed by atoms with Crippen molar-refractivity contribution in [3.8, 4) is 11.5 Å². The minimum absolute atomic E-state index is 0.120. The number of nitrogens with two attached hydrogens (primary N) is 2. The molecule has 3 atom stereocenters. The van der Waals surface area contributed by atoms with Gasteiger partial charge in [-0.05, 0) is 47.7 Å². The van der Waals surface area contributed by atoms with E-state index in [0.29, 0.717) is 0 Å². The summed E-state index contributed by atoms with van der Waals surface area (Å²) in [6.07, 6.45) is 0.884. The fraction of sp³-hybridized carbons (Fsp3) is 0.368. The molecule has 2 aromatic carbocycles. The first kappa shape index (κ1) is 17.3. The zero-order valence-corrected chi connectivity index (χ0v) is 14.0. The molecule has 4 N–H and O–H groups in total. The Morgan fingerprint density at radius 2 is 1.30 bits per heavy atom. The van der Waals surface area contributed by atoms with Crippen molar-refractivity contribution < 1.29 is 9.47 Å². The molecule has 3 unspecified atom stereocenters. The topological polar surface area (TPSA) is 70.5 Å². The van der Waals surface area contributed by atoms with Crippen LogP contribution >= 0.6 is 0 Å². The number of methoxy groups -OCH3 is 2. The van der Waals surface area contributed by atoms with Gasteiger partial charge in [-0.3, -0.25) is 0 Å². The summed E-state index contributed by atoms with van der Waals surface area (Å²) in [5, 5.41) is 0. The van der Waals surface area contributed by atoms with Crippen molar-refractivity contribution in [2.75, 3.05) is 14.2 Å². The lowest BCUT2D eigenvalue weighted by molar-refractivity contribution is 0.392. The summed E-state index contributed by atoms with van der Waals surface area (Å²) in [4.78, 5) is 0. The molecule has 23 heavy (non-hydrogen) atoms. The van der Waals surface area contributed by atoms with Gasteiger partial charge in [-0.15, -0.1) is 0 Å². The van der Waals surface area contributed by atoms with Gasteiger partial charge in [0, 0.05) is 12.1 Å². The van der Waals surface area contributed by atoms with Gasteiger partial charge in [0.1, 0.15) is 11.5 Å². The van der Waals surface area contributed by atoms with Gasteiger partial charge in [-0.2, -0.15) is 0 Å². The second kappa shape index (κ2) is 7.99. The molecule has 0 spiro atoms. The zero-order valence-electron chi connectivity index (χ0n) is 14.0. The lowest BCUT2D eigenvalue weighted by Crippen LogP contribution is -2.40. The summed E-state index contributed by atoms with van der Waals surface area (Å²) in [7, 11) is 3.32. The van der Waals surface area contributed by atoms with Gasteiger partial charge in [0.25, 0.3) is 0 Å². The molecule has 124 valence electrons. The highest BCUT2D eigenvalue weighted by molar-refractivity contribution is 5.30. The Balaban J connectivity index is 2.00. The van der Waals surface area contributed by atoms with Crippen LogP contribution in [0.2, 0.25) is 0 Å². The largest absolute Gasteiger partial charge is 0.497 e.